The molecule has 1 heterocycles. The summed E-state index contributed by atoms with van der Waals surface area (Å²) in [6.07, 6.45) is -4.13. The van der Waals surface area contributed by atoms with Crippen molar-refractivity contribution in [3.63, 3.8) is 0 Å². The molecule has 0 aromatic heterocycles. The second kappa shape index (κ2) is 8.49. The molecule has 0 saturated carbocycles. The van der Waals surface area contributed by atoms with E-state index in [1.165, 1.54) is 11.0 Å². The van der Waals surface area contributed by atoms with Gasteiger partial charge in [0, 0.05) is 12.6 Å². The topological polar surface area (TPSA) is 66.5 Å². The smallest absolute Gasteiger partial charge is 0.372 e. The SMILES string of the molecule is CCN(C(=O)[C@H](Nc1ccc(C(F)(F)F)cc1Cl)C(C)C)[C@@H]1CCS(=O)(=O)C1. The lowest BCUT2D eigenvalue weighted by molar-refractivity contribution is -0.137. The first-order valence-electron chi connectivity index (χ1n) is 9.00. The highest BCUT2D eigenvalue weighted by molar-refractivity contribution is 7.91. The number of anilines is 1. The van der Waals surface area contributed by atoms with Gasteiger partial charge < -0.3 is 10.2 Å². The fourth-order valence-corrected chi connectivity index (χ4v) is 5.25. The lowest BCUT2D eigenvalue weighted by atomic mass is 10.0. The van der Waals surface area contributed by atoms with Gasteiger partial charge in [0.05, 0.1) is 27.8 Å². The quantitative estimate of drug-likeness (QED) is 0.730. The number of carbonyl (C=O) groups excluding carboxylic acids is 1. The van der Waals surface area contributed by atoms with Crippen LogP contribution in [0.5, 0.6) is 0 Å². The second-order valence-electron chi connectivity index (χ2n) is 7.24. The second-order valence-corrected chi connectivity index (χ2v) is 9.88. The number of carbonyl (C=O) groups is 1. The van der Waals surface area contributed by atoms with Crippen LogP contribution < -0.4 is 5.32 Å². The highest BCUT2D eigenvalue weighted by Crippen LogP contribution is 2.34. The Morgan fingerprint density at radius 1 is 1.36 bits per heavy atom. The van der Waals surface area contributed by atoms with Crippen molar-refractivity contribution in [1.29, 1.82) is 0 Å². The van der Waals surface area contributed by atoms with E-state index < -0.39 is 33.7 Å². The molecule has 1 aromatic carbocycles. The lowest BCUT2D eigenvalue weighted by Gasteiger charge is -2.33. The van der Waals surface area contributed by atoms with Crippen LogP contribution in [0.4, 0.5) is 18.9 Å². The molecule has 10 heteroatoms. The first kappa shape index (κ1) is 22.8. The van der Waals surface area contributed by atoms with Crippen LogP contribution in [-0.4, -0.2) is 49.4 Å². The zero-order valence-corrected chi connectivity index (χ0v) is 17.5. The van der Waals surface area contributed by atoms with Crippen LogP contribution in [0.2, 0.25) is 5.02 Å². The van der Waals surface area contributed by atoms with Crippen molar-refractivity contribution < 1.29 is 26.4 Å². The molecule has 1 aromatic rings. The normalized spacial score (nSPS) is 20.2. The van der Waals surface area contributed by atoms with Gasteiger partial charge in [-0.15, -0.1) is 0 Å². The molecule has 0 unspecified atom stereocenters. The minimum absolute atomic E-state index is 0.0476. The van der Waals surface area contributed by atoms with Crippen molar-refractivity contribution in [3.05, 3.63) is 28.8 Å². The van der Waals surface area contributed by atoms with Crippen molar-refractivity contribution in [3.8, 4) is 0 Å². The fourth-order valence-electron chi connectivity index (χ4n) is 3.28. The Kier molecular flexibility index (Phi) is 6.91. The maximum Gasteiger partial charge on any atom is 0.416 e. The first-order valence-corrected chi connectivity index (χ1v) is 11.2. The molecule has 1 aliphatic heterocycles. The van der Waals surface area contributed by atoms with Gasteiger partial charge in [0.25, 0.3) is 0 Å². The van der Waals surface area contributed by atoms with E-state index in [4.69, 9.17) is 11.6 Å². The number of benzene rings is 1. The van der Waals surface area contributed by atoms with Crippen LogP contribution in [-0.2, 0) is 20.8 Å². The Morgan fingerprint density at radius 2 is 2.00 bits per heavy atom. The van der Waals surface area contributed by atoms with Gasteiger partial charge >= 0.3 is 6.18 Å². The third kappa shape index (κ3) is 5.31. The van der Waals surface area contributed by atoms with Crippen LogP contribution in [0.1, 0.15) is 32.8 Å². The molecule has 2 rings (SSSR count). The van der Waals surface area contributed by atoms with Gasteiger partial charge in [-0.2, -0.15) is 13.2 Å². The molecule has 0 aliphatic carbocycles. The van der Waals surface area contributed by atoms with Crippen LogP contribution in [0, 0.1) is 5.92 Å². The molecule has 5 nitrogen and oxygen atoms in total. The van der Waals surface area contributed by atoms with E-state index >= 15 is 0 Å². The van der Waals surface area contributed by atoms with Gasteiger partial charge in [-0.1, -0.05) is 25.4 Å². The molecule has 1 saturated heterocycles. The van der Waals surface area contributed by atoms with Gasteiger partial charge in [0.1, 0.15) is 6.04 Å². The van der Waals surface area contributed by atoms with Gasteiger partial charge in [-0.3, -0.25) is 4.79 Å². The van der Waals surface area contributed by atoms with E-state index in [1.807, 2.05) is 0 Å². The summed E-state index contributed by atoms with van der Waals surface area (Å²) < 4.78 is 62.0. The molecule has 1 amide bonds. The molecule has 1 N–H and O–H groups in total. The standard InChI is InChI=1S/C18H24ClF3N2O3S/c1-4-24(13-7-8-28(26,27)10-13)17(25)16(11(2)3)23-15-6-5-12(9-14(15)19)18(20,21)22/h5-6,9,11,13,16,23H,4,7-8,10H2,1-3H3/t13-,16-/m1/s1. The average Bonchev–Trinajstić information content (AvgIpc) is 2.92. The molecule has 1 fully saturated rings. The Labute approximate surface area is 168 Å². The molecular formula is C18H24ClF3N2O3S. The third-order valence-electron chi connectivity index (χ3n) is 4.81. The van der Waals surface area contributed by atoms with Crippen LogP contribution in [0.15, 0.2) is 18.2 Å². The summed E-state index contributed by atoms with van der Waals surface area (Å²) in [6, 6.07) is 1.76. The number of amides is 1. The van der Waals surface area contributed by atoms with Gasteiger partial charge in [-0.25, -0.2) is 8.42 Å². The van der Waals surface area contributed by atoms with Crippen LogP contribution in [0.25, 0.3) is 0 Å². The van der Waals surface area contributed by atoms with E-state index in [-0.39, 0.29) is 34.0 Å². The minimum atomic E-state index is -4.51. The molecule has 158 valence electrons. The highest BCUT2D eigenvalue weighted by Gasteiger charge is 2.37. The monoisotopic (exact) mass is 440 g/mol. The number of sulfone groups is 1. The number of likely N-dealkylation sites (N-methyl/N-ethyl adjacent to an activating group) is 1. The van der Waals surface area contributed by atoms with Gasteiger partial charge in [-0.05, 0) is 37.5 Å². The fraction of sp³-hybridized carbons (Fsp3) is 0.611. The number of rotatable bonds is 6. The molecular weight excluding hydrogens is 417 g/mol. The minimum Gasteiger partial charge on any atom is -0.372 e. The van der Waals surface area contributed by atoms with Gasteiger partial charge in [0.2, 0.25) is 5.91 Å². The summed E-state index contributed by atoms with van der Waals surface area (Å²) in [4.78, 5) is 14.6. The number of nitrogens with one attached hydrogen (secondary N) is 1. The van der Waals surface area contributed by atoms with Crippen molar-refractivity contribution in [2.45, 2.75) is 45.5 Å². The van der Waals surface area contributed by atoms with E-state index in [9.17, 15) is 26.4 Å². The molecule has 1 aliphatic rings. The summed E-state index contributed by atoms with van der Waals surface area (Å²) in [6.45, 7) is 5.70. The Balaban J connectivity index is 2.24. The molecule has 28 heavy (non-hydrogen) atoms. The largest absolute Gasteiger partial charge is 0.416 e. The Hall–Kier alpha value is -1.48. The Morgan fingerprint density at radius 3 is 2.43 bits per heavy atom. The predicted molar refractivity (Wildman–Crippen MR) is 103 cm³/mol. The maximum atomic E-state index is 13.1. The van der Waals surface area contributed by atoms with Crippen LogP contribution in [0.3, 0.4) is 0 Å². The van der Waals surface area contributed by atoms with Gasteiger partial charge in [0.15, 0.2) is 9.84 Å². The molecule has 0 bridgehead atoms. The number of hydrogen-bond acceptors (Lipinski definition) is 4. The molecule has 0 radical (unpaired) electrons. The maximum absolute atomic E-state index is 13.1. The number of alkyl halides is 3. The number of nitrogens with zero attached hydrogens (tertiary/aromatic N) is 1. The molecule has 0 spiro atoms. The van der Waals surface area contributed by atoms with E-state index in [1.54, 1.807) is 20.8 Å². The van der Waals surface area contributed by atoms with Crippen molar-refractivity contribution in [2.24, 2.45) is 5.92 Å². The summed E-state index contributed by atoms with van der Waals surface area (Å²) >= 11 is 6.00. The lowest BCUT2D eigenvalue weighted by Crippen LogP contribution is -2.50. The third-order valence-corrected chi connectivity index (χ3v) is 6.88. The highest BCUT2D eigenvalue weighted by atomic mass is 35.5. The summed E-state index contributed by atoms with van der Waals surface area (Å²) in [5, 5.41) is 2.81. The van der Waals surface area contributed by atoms with Crippen LogP contribution >= 0.6 is 11.6 Å². The zero-order chi connectivity index (χ0) is 21.3. The van der Waals surface area contributed by atoms with Crippen molar-refractivity contribution in [2.75, 3.05) is 23.4 Å². The number of hydrogen-bond donors (Lipinski definition) is 1. The summed E-state index contributed by atoms with van der Waals surface area (Å²) in [5.41, 5.74) is -0.654. The van der Waals surface area contributed by atoms with Crippen molar-refractivity contribution >= 4 is 33.0 Å². The van der Waals surface area contributed by atoms with E-state index in [2.05, 4.69) is 5.32 Å². The number of halogens is 4. The zero-order valence-electron chi connectivity index (χ0n) is 15.9. The first-order chi connectivity index (χ1) is 12.9. The predicted octanol–water partition coefficient (Wildman–Crippen LogP) is 3.83. The average molecular weight is 441 g/mol. The van der Waals surface area contributed by atoms with E-state index in [0.29, 0.717) is 13.0 Å². The van der Waals surface area contributed by atoms with Crippen molar-refractivity contribution in [1.82, 2.24) is 4.90 Å². The summed E-state index contributed by atoms with van der Waals surface area (Å²) in [5.74, 6) is -0.516. The molecule has 2 atom stereocenters. The van der Waals surface area contributed by atoms with E-state index in [0.717, 1.165) is 12.1 Å². The summed E-state index contributed by atoms with van der Waals surface area (Å²) in [7, 11) is -3.16. The Bertz CT molecular complexity index is 828.